The standard InChI is InChI=1S/C17H20N4O2S/c1-11(12-5-4-6-13(18)9-12)20-21-17(24)19-14-7-8-15(22-2)16(10-14)23-3/h4-10H,18H2,1-3H3,(H2,19,21,24)/b20-11-. The van der Waals surface area contributed by atoms with Crippen LogP contribution in [0, 0.1) is 0 Å². The molecule has 0 heterocycles. The number of rotatable bonds is 5. The van der Waals surface area contributed by atoms with Crippen molar-refractivity contribution in [1.29, 1.82) is 0 Å². The lowest BCUT2D eigenvalue weighted by Gasteiger charge is -2.12. The average molecular weight is 344 g/mol. The lowest BCUT2D eigenvalue weighted by Crippen LogP contribution is -2.25. The van der Waals surface area contributed by atoms with Crippen molar-refractivity contribution in [3.05, 3.63) is 48.0 Å². The molecule has 0 radical (unpaired) electrons. The van der Waals surface area contributed by atoms with Crippen molar-refractivity contribution < 1.29 is 9.47 Å². The first-order chi connectivity index (χ1) is 11.5. The van der Waals surface area contributed by atoms with E-state index < -0.39 is 0 Å². The van der Waals surface area contributed by atoms with Gasteiger partial charge in [-0.15, -0.1) is 0 Å². The van der Waals surface area contributed by atoms with Crippen LogP contribution in [-0.4, -0.2) is 25.0 Å². The largest absolute Gasteiger partial charge is 0.493 e. The summed E-state index contributed by atoms with van der Waals surface area (Å²) in [7, 11) is 3.17. The van der Waals surface area contributed by atoms with Crippen molar-refractivity contribution in [1.82, 2.24) is 5.43 Å². The number of hydrogen-bond acceptors (Lipinski definition) is 5. The fourth-order valence-corrected chi connectivity index (χ4v) is 2.20. The molecule has 2 aromatic rings. The van der Waals surface area contributed by atoms with Crippen molar-refractivity contribution in [2.24, 2.45) is 5.10 Å². The maximum absolute atomic E-state index is 5.77. The number of anilines is 2. The molecule has 0 saturated heterocycles. The van der Waals surface area contributed by atoms with E-state index in [1.807, 2.05) is 37.3 Å². The number of methoxy groups -OCH3 is 2. The number of thiocarbonyl (C=S) groups is 1. The Kier molecular flexibility index (Phi) is 5.97. The van der Waals surface area contributed by atoms with Gasteiger partial charge in [-0.05, 0) is 49.0 Å². The van der Waals surface area contributed by atoms with Gasteiger partial charge in [0.25, 0.3) is 0 Å². The Morgan fingerprint density at radius 2 is 1.83 bits per heavy atom. The Morgan fingerprint density at radius 3 is 2.50 bits per heavy atom. The van der Waals surface area contributed by atoms with Crippen LogP contribution in [-0.2, 0) is 0 Å². The summed E-state index contributed by atoms with van der Waals surface area (Å²) in [5, 5.41) is 7.66. The average Bonchev–Trinajstić information content (AvgIpc) is 2.59. The van der Waals surface area contributed by atoms with Crippen molar-refractivity contribution in [2.45, 2.75) is 6.92 Å². The molecule has 0 aliphatic rings. The molecule has 0 unspecified atom stereocenters. The van der Waals surface area contributed by atoms with E-state index in [2.05, 4.69) is 15.8 Å². The second-order valence-corrected chi connectivity index (χ2v) is 5.37. The van der Waals surface area contributed by atoms with E-state index in [-0.39, 0.29) is 0 Å². The quantitative estimate of drug-likeness (QED) is 0.335. The minimum Gasteiger partial charge on any atom is -0.493 e. The third-order valence-electron chi connectivity index (χ3n) is 3.27. The van der Waals surface area contributed by atoms with E-state index in [1.165, 1.54) is 0 Å². The monoisotopic (exact) mass is 344 g/mol. The molecule has 7 heteroatoms. The van der Waals surface area contributed by atoms with Gasteiger partial charge >= 0.3 is 0 Å². The molecule has 2 aromatic carbocycles. The summed E-state index contributed by atoms with van der Waals surface area (Å²) in [5.41, 5.74) is 11.7. The van der Waals surface area contributed by atoms with Crippen molar-refractivity contribution in [3.63, 3.8) is 0 Å². The highest BCUT2D eigenvalue weighted by Crippen LogP contribution is 2.29. The van der Waals surface area contributed by atoms with Crippen molar-refractivity contribution in [3.8, 4) is 11.5 Å². The smallest absolute Gasteiger partial charge is 0.191 e. The Labute approximate surface area is 146 Å². The van der Waals surface area contributed by atoms with Gasteiger partial charge in [-0.25, -0.2) is 0 Å². The molecule has 4 N–H and O–H groups in total. The summed E-state index contributed by atoms with van der Waals surface area (Å²) in [6.45, 7) is 1.88. The van der Waals surface area contributed by atoms with Crippen LogP contribution in [0.15, 0.2) is 47.6 Å². The lowest BCUT2D eigenvalue weighted by molar-refractivity contribution is 0.355. The number of ether oxygens (including phenoxy) is 2. The Bertz CT molecular complexity index is 762. The number of hydrazone groups is 1. The molecule has 24 heavy (non-hydrogen) atoms. The highest BCUT2D eigenvalue weighted by atomic mass is 32.1. The third-order valence-corrected chi connectivity index (χ3v) is 3.46. The molecule has 0 aliphatic carbocycles. The summed E-state index contributed by atoms with van der Waals surface area (Å²) in [6.07, 6.45) is 0. The molecule has 0 bridgehead atoms. The predicted octanol–water partition coefficient (Wildman–Crippen LogP) is 3.00. The van der Waals surface area contributed by atoms with Gasteiger partial charge in [-0.1, -0.05) is 12.1 Å². The molecule has 0 saturated carbocycles. The first kappa shape index (κ1) is 17.6. The maximum Gasteiger partial charge on any atom is 0.191 e. The van der Waals surface area contributed by atoms with Crippen LogP contribution >= 0.6 is 12.2 Å². The zero-order valence-corrected chi connectivity index (χ0v) is 14.6. The van der Waals surface area contributed by atoms with Crippen molar-refractivity contribution >= 4 is 34.4 Å². The van der Waals surface area contributed by atoms with Gasteiger partial charge in [-0.3, -0.25) is 5.43 Å². The van der Waals surface area contributed by atoms with Gasteiger partial charge in [0.05, 0.1) is 19.9 Å². The van der Waals surface area contributed by atoms with Crippen molar-refractivity contribution in [2.75, 3.05) is 25.3 Å². The van der Waals surface area contributed by atoms with Gasteiger partial charge in [0, 0.05) is 17.4 Å². The van der Waals surface area contributed by atoms with Crippen LogP contribution in [0.4, 0.5) is 11.4 Å². The molecule has 2 rings (SSSR count). The van der Waals surface area contributed by atoms with E-state index in [9.17, 15) is 0 Å². The fraction of sp³-hybridized carbons (Fsp3) is 0.176. The molecule has 0 amide bonds. The first-order valence-corrected chi connectivity index (χ1v) is 7.63. The van der Waals surface area contributed by atoms with Gasteiger partial charge in [0.2, 0.25) is 0 Å². The number of nitrogens with zero attached hydrogens (tertiary/aromatic N) is 1. The van der Waals surface area contributed by atoms with Crippen LogP contribution in [0.3, 0.4) is 0 Å². The van der Waals surface area contributed by atoms with Crippen LogP contribution in [0.1, 0.15) is 12.5 Å². The first-order valence-electron chi connectivity index (χ1n) is 7.22. The Hall–Kier alpha value is -2.80. The summed E-state index contributed by atoms with van der Waals surface area (Å²) in [5.74, 6) is 1.27. The third kappa shape index (κ3) is 4.60. The highest BCUT2D eigenvalue weighted by Gasteiger charge is 2.05. The van der Waals surface area contributed by atoms with E-state index in [1.54, 1.807) is 26.4 Å². The Balaban J connectivity index is 2.02. The molecule has 0 fully saturated rings. The molecule has 0 spiro atoms. The second kappa shape index (κ2) is 8.16. The maximum atomic E-state index is 5.77. The Morgan fingerprint density at radius 1 is 1.08 bits per heavy atom. The van der Waals surface area contributed by atoms with E-state index in [0.29, 0.717) is 22.3 Å². The lowest BCUT2D eigenvalue weighted by atomic mass is 10.1. The summed E-state index contributed by atoms with van der Waals surface area (Å²) in [4.78, 5) is 0. The molecular weight excluding hydrogens is 324 g/mol. The van der Waals surface area contributed by atoms with Gasteiger partial charge in [0.15, 0.2) is 16.6 Å². The minimum absolute atomic E-state index is 0.366. The van der Waals surface area contributed by atoms with Crippen LogP contribution in [0.2, 0.25) is 0 Å². The SMILES string of the molecule is COc1ccc(NC(=S)N/N=C(/C)c2cccc(N)c2)cc1OC. The number of nitrogen functional groups attached to an aromatic ring is 1. The van der Waals surface area contributed by atoms with E-state index >= 15 is 0 Å². The van der Waals surface area contributed by atoms with Gasteiger partial charge < -0.3 is 20.5 Å². The van der Waals surface area contributed by atoms with Crippen LogP contribution < -0.4 is 25.9 Å². The number of nitrogens with one attached hydrogen (secondary N) is 2. The molecule has 0 aromatic heterocycles. The zero-order valence-electron chi connectivity index (χ0n) is 13.8. The molecule has 126 valence electrons. The number of hydrogen-bond donors (Lipinski definition) is 3. The highest BCUT2D eigenvalue weighted by molar-refractivity contribution is 7.80. The topological polar surface area (TPSA) is 80.9 Å². The fourth-order valence-electron chi connectivity index (χ4n) is 2.04. The van der Waals surface area contributed by atoms with E-state index in [0.717, 1.165) is 17.0 Å². The minimum atomic E-state index is 0.366. The summed E-state index contributed by atoms with van der Waals surface area (Å²) >= 11 is 5.24. The summed E-state index contributed by atoms with van der Waals surface area (Å²) < 4.78 is 10.5. The zero-order chi connectivity index (χ0) is 17.5. The molecular formula is C17H20N4O2S. The molecule has 0 aliphatic heterocycles. The molecule has 0 atom stereocenters. The number of nitrogens with two attached hydrogens (primary N) is 1. The molecule has 6 nitrogen and oxygen atoms in total. The van der Waals surface area contributed by atoms with Gasteiger partial charge in [-0.2, -0.15) is 5.10 Å². The predicted molar refractivity (Wildman–Crippen MR) is 102 cm³/mol. The van der Waals surface area contributed by atoms with Crippen LogP contribution in [0.25, 0.3) is 0 Å². The number of benzene rings is 2. The summed E-state index contributed by atoms with van der Waals surface area (Å²) in [6, 6.07) is 12.9. The van der Waals surface area contributed by atoms with Crippen LogP contribution in [0.5, 0.6) is 11.5 Å². The second-order valence-electron chi connectivity index (χ2n) is 4.96. The van der Waals surface area contributed by atoms with E-state index in [4.69, 9.17) is 27.4 Å². The normalized spacial score (nSPS) is 10.9. The van der Waals surface area contributed by atoms with Gasteiger partial charge in [0.1, 0.15) is 0 Å².